The second-order valence-electron chi connectivity index (χ2n) is 5.61. The number of guanidine groups is 1. The molecule has 112 valence electrons. The average Bonchev–Trinajstić information content (AvgIpc) is 2.29. The third-order valence-corrected chi connectivity index (χ3v) is 4.71. The molecule has 0 aliphatic heterocycles. The van der Waals surface area contributed by atoms with Crippen LogP contribution in [-0.4, -0.2) is 59.2 Å². The molecule has 0 radical (unpaired) electrons. The predicted octanol–water partition coefficient (Wildman–Crippen LogP) is 0.00950. The molecule has 2 unspecified atom stereocenters. The van der Waals surface area contributed by atoms with Crippen LogP contribution < -0.4 is 10.6 Å². The van der Waals surface area contributed by atoms with Crippen LogP contribution in [-0.2, 0) is 14.6 Å². The van der Waals surface area contributed by atoms with Crippen LogP contribution in [0.4, 0.5) is 0 Å². The number of hydrogen-bond acceptors (Lipinski definition) is 4. The molecule has 0 aromatic rings. The van der Waals surface area contributed by atoms with Crippen molar-refractivity contribution in [2.45, 2.75) is 32.4 Å². The summed E-state index contributed by atoms with van der Waals surface area (Å²) in [6.45, 7) is 4.65. The minimum atomic E-state index is -2.95. The predicted molar refractivity (Wildman–Crippen MR) is 77.2 cm³/mol. The number of rotatable bonds is 5. The van der Waals surface area contributed by atoms with Crippen LogP contribution in [0.5, 0.6) is 0 Å². The minimum Gasteiger partial charge on any atom is -0.381 e. The zero-order valence-corrected chi connectivity index (χ0v) is 13.2. The third kappa shape index (κ3) is 4.35. The van der Waals surface area contributed by atoms with Crippen LogP contribution >= 0.6 is 0 Å². The van der Waals surface area contributed by atoms with E-state index in [2.05, 4.69) is 29.5 Å². The summed E-state index contributed by atoms with van der Waals surface area (Å²) in [7, 11) is 0.451. The van der Waals surface area contributed by atoms with Crippen molar-refractivity contribution in [2.24, 2.45) is 10.4 Å². The summed E-state index contributed by atoms with van der Waals surface area (Å²) in [4.78, 5) is 4.10. The maximum absolute atomic E-state index is 11.1. The molecule has 1 aliphatic carbocycles. The Hall–Kier alpha value is -0.820. The summed E-state index contributed by atoms with van der Waals surface area (Å²) in [5.74, 6) is 0.735. The summed E-state index contributed by atoms with van der Waals surface area (Å²) in [5.41, 5.74) is 0.0448. The zero-order chi connectivity index (χ0) is 14.7. The topological polar surface area (TPSA) is 79.8 Å². The Balaban J connectivity index is 2.43. The monoisotopic (exact) mass is 291 g/mol. The van der Waals surface area contributed by atoms with E-state index < -0.39 is 9.84 Å². The van der Waals surface area contributed by atoms with Crippen molar-refractivity contribution in [1.82, 2.24) is 10.6 Å². The summed E-state index contributed by atoms with van der Waals surface area (Å²) in [6.07, 6.45) is 2.40. The quantitative estimate of drug-likeness (QED) is 0.551. The Labute approximate surface area is 115 Å². The van der Waals surface area contributed by atoms with Crippen molar-refractivity contribution >= 4 is 15.8 Å². The van der Waals surface area contributed by atoms with Crippen LogP contribution in [0.25, 0.3) is 0 Å². The molecule has 19 heavy (non-hydrogen) atoms. The van der Waals surface area contributed by atoms with E-state index in [4.69, 9.17) is 4.74 Å². The summed E-state index contributed by atoms with van der Waals surface area (Å²) in [6, 6.07) is 0.280. The highest BCUT2D eigenvalue weighted by atomic mass is 32.2. The molecular weight excluding hydrogens is 266 g/mol. The van der Waals surface area contributed by atoms with Gasteiger partial charge in [-0.1, -0.05) is 13.8 Å². The fourth-order valence-electron chi connectivity index (χ4n) is 2.24. The summed E-state index contributed by atoms with van der Waals surface area (Å²) in [5, 5.41) is 6.32. The van der Waals surface area contributed by atoms with Gasteiger partial charge in [0.2, 0.25) is 0 Å². The molecule has 1 saturated carbocycles. The Kier molecular flexibility index (Phi) is 5.20. The van der Waals surface area contributed by atoms with E-state index in [1.165, 1.54) is 6.26 Å². The van der Waals surface area contributed by atoms with Gasteiger partial charge in [0.15, 0.2) is 5.96 Å². The van der Waals surface area contributed by atoms with Gasteiger partial charge in [-0.25, -0.2) is 8.42 Å². The number of nitrogens with one attached hydrogen (secondary N) is 2. The third-order valence-electron chi connectivity index (χ3n) is 3.76. The fourth-order valence-corrected chi connectivity index (χ4v) is 2.72. The average molecular weight is 291 g/mol. The van der Waals surface area contributed by atoms with Crippen molar-refractivity contribution in [3.05, 3.63) is 0 Å². The lowest BCUT2D eigenvalue weighted by Crippen LogP contribution is -2.63. The number of sulfone groups is 1. The first-order valence-corrected chi connectivity index (χ1v) is 8.44. The maximum atomic E-state index is 11.1. The Morgan fingerprint density at radius 1 is 1.47 bits per heavy atom. The highest BCUT2D eigenvalue weighted by molar-refractivity contribution is 7.90. The molecule has 0 heterocycles. The molecule has 2 atom stereocenters. The lowest BCUT2D eigenvalue weighted by atomic mass is 9.64. The molecule has 2 N–H and O–H groups in total. The summed E-state index contributed by atoms with van der Waals surface area (Å²) < 4.78 is 27.5. The van der Waals surface area contributed by atoms with Gasteiger partial charge < -0.3 is 15.4 Å². The number of aliphatic imine (C=N–C) groups is 1. The molecule has 1 rings (SSSR count). The first-order valence-electron chi connectivity index (χ1n) is 6.38. The van der Waals surface area contributed by atoms with E-state index in [-0.39, 0.29) is 23.3 Å². The standard InChI is InChI=1S/C12H25N3O3S/c1-12(2)9(8-10(12)18-4)15-11(13-3)14-6-7-19(5,16)17/h9-10H,6-8H2,1-5H3,(H2,13,14,15). The van der Waals surface area contributed by atoms with Gasteiger partial charge in [-0.3, -0.25) is 4.99 Å². The minimum absolute atomic E-state index is 0.0448. The molecule has 0 amide bonds. The summed E-state index contributed by atoms with van der Waals surface area (Å²) >= 11 is 0. The Morgan fingerprint density at radius 2 is 2.11 bits per heavy atom. The van der Waals surface area contributed by atoms with Crippen LogP contribution in [0.3, 0.4) is 0 Å². The van der Waals surface area contributed by atoms with Gasteiger partial charge >= 0.3 is 0 Å². The van der Waals surface area contributed by atoms with E-state index in [0.29, 0.717) is 12.5 Å². The van der Waals surface area contributed by atoms with Gasteiger partial charge in [-0.05, 0) is 6.42 Å². The first-order chi connectivity index (χ1) is 8.70. The van der Waals surface area contributed by atoms with Crippen molar-refractivity contribution < 1.29 is 13.2 Å². The fraction of sp³-hybridized carbons (Fsp3) is 0.917. The van der Waals surface area contributed by atoms with Gasteiger partial charge in [0.25, 0.3) is 0 Å². The van der Waals surface area contributed by atoms with Crippen molar-refractivity contribution in [1.29, 1.82) is 0 Å². The molecule has 7 heteroatoms. The van der Waals surface area contributed by atoms with E-state index in [0.717, 1.165) is 6.42 Å². The molecule has 1 aliphatic rings. The highest BCUT2D eigenvalue weighted by Gasteiger charge is 2.48. The van der Waals surface area contributed by atoms with E-state index in [1.54, 1.807) is 14.2 Å². The number of ether oxygens (including phenoxy) is 1. The van der Waals surface area contributed by atoms with Crippen molar-refractivity contribution in [3.8, 4) is 0 Å². The number of nitrogens with zero attached hydrogens (tertiary/aromatic N) is 1. The molecule has 6 nitrogen and oxygen atoms in total. The highest BCUT2D eigenvalue weighted by Crippen LogP contribution is 2.42. The van der Waals surface area contributed by atoms with Gasteiger partial charge in [-0.15, -0.1) is 0 Å². The maximum Gasteiger partial charge on any atom is 0.191 e. The molecule has 0 aromatic carbocycles. The first kappa shape index (κ1) is 16.2. The van der Waals surface area contributed by atoms with Gasteiger partial charge in [0.1, 0.15) is 9.84 Å². The van der Waals surface area contributed by atoms with Crippen LogP contribution in [0.15, 0.2) is 4.99 Å². The Morgan fingerprint density at radius 3 is 2.53 bits per heavy atom. The second kappa shape index (κ2) is 6.09. The molecule has 0 saturated heterocycles. The lowest BCUT2D eigenvalue weighted by molar-refractivity contribution is -0.0922. The smallest absolute Gasteiger partial charge is 0.191 e. The normalized spacial score (nSPS) is 26.7. The SMILES string of the molecule is CN=C(NCCS(C)(=O)=O)NC1CC(OC)C1(C)C. The lowest BCUT2D eigenvalue weighted by Gasteiger charge is -2.51. The molecule has 0 bridgehead atoms. The van der Waals surface area contributed by atoms with Crippen LogP contribution in [0.2, 0.25) is 0 Å². The van der Waals surface area contributed by atoms with Crippen molar-refractivity contribution in [3.63, 3.8) is 0 Å². The van der Waals surface area contributed by atoms with Gasteiger partial charge in [0.05, 0.1) is 11.9 Å². The van der Waals surface area contributed by atoms with Crippen LogP contribution in [0, 0.1) is 5.41 Å². The van der Waals surface area contributed by atoms with Crippen LogP contribution in [0.1, 0.15) is 20.3 Å². The zero-order valence-electron chi connectivity index (χ0n) is 12.4. The Bertz CT molecular complexity index is 432. The molecular formula is C12H25N3O3S. The van der Waals surface area contributed by atoms with E-state index in [1.807, 2.05) is 0 Å². The number of methoxy groups -OCH3 is 1. The second-order valence-corrected chi connectivity index (χ2v) is 7.87. The van der Waals surface area contributed by atoms with Gasteiger partial charge in [0, 0.05) is 38.4 Å². The van der Waals surface area contributed by atoms with Crippen molar-refractivity contribution in [2.75, 3.05) is 32.7 Å². The van der Waals surface area contributed by atoms with E-state index >= 15 is 0 Å². The molecule has 0 aromatic heterocycles. The molecule has 0 spiro atoms. The molecule has 1 fully saturated rings. The van der Waals surface area contributed by atoms with Gasteiger partial charge in [-0.2, -0.15) is 0 Å². The number of hydrogen-bond donors (Lipinski definition) is 2. The van der Waals surface area contributed by atoms with E-state index in [9.17, 15) is 8.42 Å². The largest absolute Gasteiger partial charge is 0.381 e.